The molecule has 160 valence electrons. The highest BCUT2D eigenvalue weighted by molar-refractivity contribution is 5.90. The van der Waals surface area contributed by atoms with Crippen LogP contribution in [0.4, 0.5) is 0 Å². The van der Waals surface area contributed by atoms with Crippen LogP contribution in [0.3, 0.4) is 0 Å². The van der Waals surface area contributed by atoms with E-state index in [-0.39, 0.29) is 11.6 Å². The van der Waals surface area contributed by atoms with E-state index in [1.54, 1.807) is 16.8 Å². The van der Waals surface area contributed by atoms with Crippen molar-refractivity contribution in [1.82, 2.24) is 19.4 Å². The van der Waals surface area contributed by atoms with Gasteiger partial charge in [0.1, 0.15) is 5.69 Å². The van der Waals surface area contributed by atoms with Crippen molar-refractivity contribution in [3.05, 3.63) is 88.9 Å². The largest absolute Gasteiger partial charge is 0.478 e. The third-order valence-electron chi connectivity index (χ3n) is 5.94. The van der Waals surface area contributed by atoms with Crippen LogP contribution < -0.4 is 5.56 Å². The predicted molar refractivity (Wildman–Crippen MR) is 121 cm³/mol. The van der Waals surface area contributed by atoms with Crippen LogP contribution in [0.25, 0.3) is 28.0 Å². The van der Waals surface area contributed by atoms with E-state index >= 15 is 0 Å². The Morgan fingerprint density at radius 1 is 0.969 bits per heavy atom. The standard InChI is InChI=1S/C25H22N4O3/c30-22-14-13-20(26-29(22)19-11-9-17(10-12-19)16-23(31)32)24-21-8-4-5-15-28(21)27-25(24)18-6-2-1-3-7-18/h1-8,13-16,19H,9-12H2,(H,31,32). The van der Waals surface area contributed by atoms with E-state index in [0.717, 1.165) is 27.9 Å². The van der Waals surface area contributed by atoms with Gasteiger partial charge in [-0.1, -0.05) is 42.0 Å². The minimum absolute atomic E-state index is 0.0598. The van der Waals surface area contributed by atoms with Gasteiger partial charge in [0.25, 0.3) is 5.56 Å². The molecule has 3 aromatic heterocycles. The van der Waals surface area contributed by atoms with Gasteiger partial charge < -0.3 is 5.11 Å². The second-order valence-corrected chi connectivity index (χ2v) is 7.99. The van der Waals surface area contributed by atoms with Gasteiger partial charge >= 0.3 is 5.97 Å². The van der Waals surface area contributed by atoms with Gasteiger partial charge in [0, 0.05) is 23.9 Å². The fraction of sp³-hybridized carbons (Fsp3) is 0.200. The molecule has 7 heteroatoms. The van der Waals surface area contributed by atoms with Crippen LogP contribution in [0.2, 0.25) is 0 Å². The molecule has 0 amide bonds. The number of pyridine rings is 1. The Morgan fingerprint density at radius 3 is 2.47 bits per heavy atom. The van der Waals surface area contributed by atoms with Crippen LogP contribution in [-0.4, -0.2) is 30.5 Å². The van der Waals surface area contributed by atoms with Crippen molar-refractivity contribution in [3.63, 3.8) is 0 Å². The number of fused-ring (bicyclic) bond motifs is 1. The Morgan fingerprint density at radius 2 is 1.72 bits per heavy atom. The van der Waals surface area contributed by atoms with E-state index in [1.807, 2.05) is 59.2 Å². The molecule has 0 spiro atoms. The summed E-state index contributed by atoms with van der Waals surface area (Å²) in [7, 11) is 0. The van der Waals surface area contributed by atoms with E-state index in [0.29, 0.717) is 31.4 Å². The molecule has 0 radical (unpaired) electrons. The zero-order chi connectivity index (χ0) is 22.1. The van der Waals surface area contributed by atoms with Gasteiger partial charge in [-0.05, 0) is 43.9 Å². The van der Waals surface area contributed by atoms with Gasteiger partial charge in [0.05, 0.1) is 22.8 Å². The number of rotatable bonds is 4. The maximum Gasteiger partial charge on any atom is 0.328 e. The quantitative estimate of drug-likeness (QED) is 0.490. The summed E-state index contributed by atoms with van der Waals surface area (Å²) >= 11 is 0. The van der Waals surface area contributed by atoms with Crippen LogP contribution >= 0.6 is 0 Å². The number of carbonyl (C=O) groups is 1. The monoisotopic (exact) mass is 426 g/mol. The summed E-state index contributed by atoms with van der Waals surface area (Å²) < 4.78 is 3.40. The van der Waals surface area contributed by atoms with Gasteiger partial charge in [0.2, 0.25) is 0 Å². The highest BCUT2D eigenvalue weighted by Gasteiger charge is 2.23. The van der Waals surface area contributed by atoms with Gasteiger partial charge in [-0.15, -0.1) is 0 Å². The number of carboxylic acid groups (broad SMARTS) is 1. The second-order valence-electron chi connectivity index (χ2n) is 7.99. The summed E-state index contributed by atoms with van der Waals surface area (Å²) in [5.74, 6) is -0.919. The summed E-state index contributed by atoms with van der Waals surface area (Å²) in [4.78, 5) is 23.6. The molecular formula is C25H22N4O3. The van der Waals surface area contributed by atoms with Gasteiger partial charge in [-0.2, -0.15) is 10.2 Å². The maximum atomic E-state index is 12.7. The predicted octanol–water partition coefficient (Wildman–Crippen LogP) is 4.35. The first-order valence-electron chi connectivity index (χ1n) is 10.7. The number of aromatic nitrogens is 4. The first-order chi connectivity index (χ1) is 15.6. The van der Waals surface area contributed by atoms with Crippen molar-refractivity contribution < 1.29 is 9.90 Å². The van der Waals surface area contributed by atoms with Crippen LogP contribution in [0.5, 0.6) is 0 Å². The van der Waals surface area contributed by atoms with Crippen molar-refractivity contribution in [2.45, 2.75) is 31.7 Å². The molecule has 5 rings (SSSR count). The van der Waals surface area contributed by atoms with E-state index in [2.05, 4.69) is 0 Å². The molecular weight excluding hydrogens is 404 g/mol. The molecule has 0 atom stereocenters. The number of benzene rings is 1. The number of carboxylic acids is 1. The summed E-state index contributed by atoms with van der Waals surface area (Å²) in [6, 6.07) is 19.1. The number of allylic oxidation sites excluding steroid dienone is 1. The molecule has 1 saturated carbocycles. The smallest absolute Gasteiger partial charge is 0.328 e. The second kappa shape index (κ2) is 8.26. The zero-order valence-corrected chi connectivity index (χ0v) is 17.4. The molecule has 0 saturated heterocycles. The third kappa shape index (κ3) is 3.73. The van der Waals surface area contributed by atoms with E-state index in [1.165, 1.54) is 6.08 Å². The van der Waals surface area contributed by atoms with Crippen LogP contribution in [0.1, 0.15) is 31.7 Å². The van der Waals surface area contributed by atoms with Crippen molar-refractivity contribution in [2.24, 2.45) is 0 Å². The Bertz CT molecular complexity index is 1380. The first kappa shape index (κ1) is 19.9. The van der Waals surface area contributed by atoms with Gasteiger partial charge in [-0.3, -0.25) is 4.79 Å². The fourth-order valence-corrected chi connectivity index (χ4v) is 4.41. The Labute approximate surface area is 184 Å². The molecule has 1 N–H and O–H groups in total. The molecule has 7 nitrogen and oxygen atoms in total. The molecule has 3 heterocycles. The molecule has 32 heavy (non-hydrogen) atoms. The lowest BCUT2D eigenvalue weighted by Crippen LogP contribution is -2.28. The summed E-state index contributed by atoms with van der Waals surface area (Å²) in [5.41, 5.74) is 5.04. The lowest BCUT2D eigenvalue weighted by molar-refractivity contribution is -0.131. The lowest BCUT2D eigenvalue weighted by atomic mass is 9.90. The molecule has 1 aromatic carbocycles. The summed E-state index contributed by atoms with van der Waals surface area (Å²) in [6.07, 6.45) is 5.88. The highest BCUT2D eigenvalue weighted by atomic mass is 16.4. The van der Waals surface area contributed by atoms with Crippen LogP contribution in [-0.2, 0) is 4.79 Å². The number of nitrogens with zero attached hydrogens (tertiary/aromatic N) is 4. The maximum absolute atomic E-state index is 12.7. The van der Waals surface area contributed by atoms with Crippen molar-refractivity contribution in [3.8, 4) is 22.5 Å². The SMILES string of the molecule is O=C(O)C=C1CCC(n2nc(-c3c(-c4ccccc4)nn4ccccc34)ccc2=O)CC1. The van der Waals surface area contributed by atoms with Crippen molar-refractivity contribution in [1.29, 1.82) is 0 Å². The number of hydrogen-bond donors (Lipinski definition) is 1. The molecule has 4 aromatic rings. The topological polar surface area (TPSA) is 89.5 Å². The van der Waals surface area contributed by atoms with Gasteiger partial charge in [0.15, 0.2) is 0 Å². The van der Waals surface area contributed by atoms with Crippen LogP contribution in [0.15, 0.2) is 83.3 Å². The Hall–Kier alpha value is -4.00. The average molecular weight is 426 g/mol. The molecule has 1 aliphatic rings. The van der Waals surface area contributed by atoms with E-state index in [4.69, 9.17) is 15.3 Å². The highest BCUT2D eigenvalue weighted by Crippen LogP contribution is 2.35. The Balaban J connectivity index is 1.59. The van der Waals surface area contributed by atoms with E-state index in [9.17, 15) is 9.59 Å². The minimum Gasteiger partial charge on any atom is -0.478 e. The van der Waals surface area contributed by atoms with Gasteiger partial charge in [-0.25, -0.2) is 14.0 Å². The summed E-state index contributed by atoms with van der Waals surface area (Å²) in [5, 5.41) is 18.6. The normalized spacial score (nSPS) is 16.2. The molecule has 0 unspecified atom stereocenters. The minimum atomic E-state index is -0.919. The molecule has 1 fully saturated rings. The average Bonchev–Trinajstić information content (AvgIpc) is 3.20. The molecule has 0 bridgehead atoms. The first-order valence-corrected chi connectivity index (χ1v) is 10.7. The van der Waals surface area contributed by atoms with E-state index < -0.39 is 5.97 Å². The zero-order valence-electron chi connectivity index (χ0n) is 17.4. The third-order valence-corrected chi connectivity index (χ3v) is 5.94. The number of aliphatic carboxylic acids is 1. The fourth-order valence-electron chi connectivity index (χ4n) is 4.41. The Kier molecular flexibility index (Phi) is 5.15. The van der Waals surface area contributed by atoms with Crippen molar-refractivity contribution in [2.75, 3.05) is 0 Å². The summed E-state index contributed by atoms with van der Waals surface area (Å²) in [6.45, 7) is 0. The lowest BCUT2D eigenvalue weighted by Gasteiger charge is -2.24. The van der Waals surface area contributed by atoms with Crippen LogP contribution in [0, 0.1) is 0 Å². The molecule has 0 aliphatic heterocycles. The molecule has 1 aliphatic carbocycles. The number of hydrogen-bond acceptors (Lipinski definition) is 4. The van der Waals surface area contributed by atoms with Crippen molar-refractivity contribution >= 4 is 11.5 Å².